The van der Waals surface area contributed by atoms with E-state index in [0.717, 1.165) is 5.56 Å². The summed E-state index contributed by atoms with van der Waals surface area (Å²) in [5.41, 5.74) is 1.90. The summed E-state index contributed by atoms with van der Waals surface area (Å²) >= 11 is 0. The van der Waals surface area contributed by atoms with Crippen molar-refractivity contribution in [3.05, 3.63) is 29.3 Å². The third kappa shape index (κ3) is 4.59. The van der Waals surface area contributed by atoms with Crippen LogP contribution in [0.3, 0.4) is 0 Å². The monoisotopic (exact) mass is 618 g/mol. The number of carbonyl (C=O) groups excluding carboxylic acids is 1. The number of amides is 1. The molecule has 1 heterocycles. The van der Waals surface area contributed by atoms with Crippen molar-refractivity contribution < 1.29 is 75.0 Å². The van der Waals surface area contributed by atoms with E-state index < -0.39 is 80.0 Å². The average molecular weight is 618 g/mol. The Labute approximate surface area is 214 Å². The number of alkyl halides is 16. The van der Waals surface area contributed by atoms with Crippen molar-refractivity contribution in [1.29, 1.82) is 0 Å². The number of anilines is 1. The second-order valence-corrected chi connectivity index (χ2v) is 8.87. The molecule has 0 bridgehead atoms. The first-order chi connectivity index (χ1) is 17.7. The van der Waals surface area contributed by atoms with Gasteiger partial charge in [0, 0.05) is 31.9 Å². The molecule has 0 atom stereocenters. The maximum atomic E-state index is 14.3. The maximum Gasteiger partial charge on any atom is 0.392 e. The molecule has 0 saturated carbocycles. The summed E-state index contributed by atoms with van der Waals surface area (Å²) in [6.45, 7) is 0.665. The number of hydrogen-bond acceptors (Lipinski definition) is 2. The molecule has 0 unspecified atom stereocenters. The van der Waals surface area contributed by atoms with Crippen LogP contribution in [0.15, 0.2) is 18.2 Å². The number of piperazine rings is 1. The van der Waals surface area contributed by atoms with Gasteiger partial charge in [0.25, 0.3) is 5.91 Å². The van der Waals surface area contributed by atoms with Crippen LogP contribution in [-0.2, 0) is 4.79 Å². The Morgan fingerprint density at radius 3 is 1.55 bits per heavy atom. The molecule has 0 aliphatic carbocycles. The van der Waals surface area contributed by atoms with Crippen molar-refractivity contribution in [2.24, 2.45) is 0 Å². The van der Waals surface area contributed by atoms with Crippen molar-refractivity contribution in [3.63, 3.8) is 0 Å². The van der Waals surface area contributed by atoms with Gasteiger partial charge in [-0.2, -0.15) is 61.5 Å². The van der Waals surface area contributed by atoms with Gasteiger partial charge < -0.3 is 9.80 Å². The van der Waals surface area contributed by atoms with Crippen LogP contribution in [0.25, 0.3) is 0 Å². The predicted molar refractivity (Wildman–Crippen MR) is 105 cm³/mol. The largest absolute Gasteiger partial charge is 0.392 e. The summed E-state index contributed by atoms with van der Waals surface area (Å²) in [6.07, 6.45) is -5.91. The molecule has 0 radical (unpaired) electrons. The van der Waals surface area contributed by atoms with E-state index in [9.17, 15) is 75.0 Å². The molecule has 0 N–H and O–H groups in total. The zero-order chi connectivity index (χ0) is 31.5. The zero-order valence-electron chi connectivity index (χ0n) is 20.0. The minimum atomic E-state index is -8.53. The highest BCUT2D eigenvalue weighted by Gasteiger charge is 2.94. The van der Waals surface area contributed by atoms with Crippen LogP contribution < -0.4 is 4.90 Å². The number of rotatable bonds is 9. The van der Waals surface area contributed by atoms with Gasteiger partial charge in [-0.3, -0.25) is 4.79 Å². The summed E-state index contributed by atoms with van der Waals surface area (Å²) < 4.78 is 216. The van der Waals surface area contributed by atoms with Crippen LogP contribution >= 0.6 is 0 Å². The van der Waals surface area contributed by atoms with E-state index >= 15 is 0 Å². The van der Waals surface area contributed by atoms with Crippen molar-refractivity contribution in [2.45, 2.75) is 61.7 Å². The van der Waals surface area contributed by atoms with Crippen molar-refractivity contribution in [3.8, 4) is 0 Å². The SMILES string of the molecule is Cc1cccc(N2CCN(C(=O)C(F)(F)C(F)(F)C(F)(F)C(F)(F)C(F)(F)C(F)(F)C(F)(F)C(F)F)CC2)c1C. The second-order valence-electron chi connectivity index (χ2n) is 8.87. The van der Waals surface area contributed by atoms with Gasteiger partial charge in [0.2, 0.25) is 0 Å². The summed E-state index contributed by atoms with van der Waals surface area (Å²) in [7, 11) is 0. The average Bonchev–Trinajstić information content (AvgIpc) is 2.84. The smallest absolute Gasteiger partial charge is 0.368 e. The molecule has 0 aromatic heterocycles. The molecule has 1 aromatic carbocycles. The molecule has 1 fully saturated rings. The van der Waals surface area contributed by atoms with Gasteiger partial charge in [-0.15, -0.1) is 0 Å². The minimum absolute atomic E-state index is 0.221. The Balaban J connectivity index is 2.39. The quantitative estimate of drug-likeness (QED) is 0.289. The first-order valence-corrected chi connectivity index (χ1v) is 10.8. The highest BCUT2D eigenvalue weighted by Crippen LogP contribution is 2.62. The van der Waals surface area contributed by atoms with Crippen LogP contribution in [0.1, 0.15) is 11.1 Å². The van der Waals surface area contributed by atoms with Crippen molar-refractivity contribution in [2.75, 3.05) is 31.1 Å². The molecule has 1 aliphatic heterocycles. The maximum absolute atomic E-state index is 14.3. The molecule has 40 heavy (non-hydrogen) atoms. The Bertz CT molecular complexity index is 1100. The molecule has 19 heteroatoms. The van der Waals surface area contributed by atoms with Crippen LogP contribution in [0.5, 0.6) is 0 Å². The molecule has 0 spiro atoms. The fraction of sp³-hybridized carbons (Fsp3) is 0.667. The van der Waals surface area contributed by atoms with E-state index in [4.69, 9.17) is 0 Å². The van der Waals surface area contributed by atoms with Gasteiger partial charge in [0.15, 0.2) is 0 Å². The van der Waals surface area contributed by atoms with Crippen LogP contribution in [0, 0.1) is 13.8 Å². The lowest BCUT2D eigenvalue weighted by Crippen LogP contribution is -2.75. The van der Waals surface area contributed by atoms with Crippen molar-refractivity contribution in [1.82, 2.24) is 4.90 Å². The van der Waals surface area contributed by atoms with Crippen LogP contribution in [0.2, 0.25) is 0 Å². The number of nitrogens with zero attached hydrogens (tertiary/aromatic N) is 2. The Hall–Kier alpha value is -2.63. The van der Waals surface area contributed by atoms with Gasteiger partial charge in [-0.05, 0) is 31.0 Å². The summed E-state index contributed by atoms with van der Waals surface area (Å²) in [5, 5.41) is 0. The number of aryl methyl sites for hydroxylation is 1. The third-order valence-corrected chi connectivity index (χ3v) is 6.42. The molecular formula is C21H18F16N2O. The molecule has 1 saturated heterocycles. The van der Waals surface area contributed by atoms with E-state index in [1.165, 1.54) is 4.90 Å². The van der Waals surface area contributed by atoms with E-state index in [2.05, 4.69) is 0 Å². The molecule has 230 valence electrons. The standard InChI is InChI=1S/C21H18F16N2O/c1-10-4-3-5-12(11(10)2)38-6-8-39(9-7-38)14(40)16(26,27)18(30,31)20(34,35)21(36,37)19(32,33)17(28,29)15(24,25)13(22)23/h3-5,13H,6-9H2,1-2H3. The lowest BCUT2D eigenvalue weighted by Gasteiger charge is -2.43. The number of carbonyl (C=O) groups is 1. The molecule has 3 nitrogen and oxygen atoms in total. The van der Waals surface area contributed by atoms with Gasteiger partial charge >= 0.3 is 47.9 Å². The van der Waals surface area contributed by atoms with Gasteiger partial charge in [0.1, 0.15) is 0 Å². The third-order valence-electron chi connectivity index (χ3n) is 6.42. The van der Waals surface area contributed by atoms with Gasteiger partial charge in [0.05, 0.1) is 0 Å². The Morgan fingerprint density at radius 2 is 1.10 bits per heavy atom. The highest BCUT2D eigenvalue weighted by atomic mass is 19.4. The minimum Gasteiger partial charge on any atom is -0.368 e. The Morgan fingerprint density at radius 1 is 0.675 bits per heavy atom. The van der Waals surface area contributed by atoms with Gasteiger partial charge in [-0.1, -0.05) is 12.1 Å². The van der Waals surface area contributed by atoms with E-state index in [1.807, 2.05) is 0 Å². The number of hydrogen-bond donors (Lipinski definition) is 0. The zero-order valence-corrected chi connectivity index (χ0v) is 20.0. The first-order valence-electron chi connectivity index (χ1n) is 10.8. The molecule has 1 aliphatic rings. The topological polar surface area (TPSA) is 23.6 Å². The van der Waals surface area contributed by atoms with Crippen molar-refractivity contribution >= 4 is 11.6 Å². The fourth-order valence-electron chi connectivity index (χ4n) is 3.70. The van der Waals surface area contributed by atoms with E-state index in [0.29, 0.717) is 11.3 Å². The second kappa shape index (κ2) is 10.0. The summed E-state index contributed by atoms with van der Waals surface area (Å²) in [5.74, 6) is -59.3. The lowest BCUT2D eigenvalue weighted by atomic mass is 9.89. The molecule has 1 amide bonds. The number of benzene rings is 1. The lowest BCUT2D eigenvalue weighted by molar-refractivity contribution is -0.444. The van der Waals surface area contributed by atoms with E-state index in [1.54, 1.807) is 32.0 Å². The fourth-order valence-corrected chi connectivity index (χ4v) is 3.70. The summed E-state index contributed by atoms with van der Waals surface area (Å²) in [6, 6.07) is 4.80. The number of halogens is 16. The predicted octanol–water partition coefficient (Wildman–Crippen LogP) is 6.66. The molecule has 1 aromatic rings. The normalized spacial score (nSPS) is 17.1. The summed E-state index contributed by atoms with van der Waals surface area (Å²) in [4.78, 5) is 13.3. The highest BCUT2D eigenvalue weighted by molar-refractivity contribution is 5.85. The van der Waals surface area contributed by atoms with Gasteiger partial charge in [-0.25, -0.2) is 8.78 Å². The van der Waals surface area contributed by atoms with E-state index in [-0.39, 0.29) is 4.90 Å². The molecular weight excluding hydrogens is 600 g/mol. The Kier molecular flexibility index (Phi) is 8.41. The molecule has 2 rings (SSSR count). The van der Waals surface area contributed by atoms with Crippen LogP contribution in [0.4, 0.5) is 75.9 Å². The van der Waals surface area contributed by atoms with Crippen LogP contribution in [-0.4, -0.2) is 84.9 Å². The first kappa shape index (κ1) is 33.6.